The summed E-state index contributed by atoms with van der Waals surface area (Å²) >= 11 is 1.63. The molecule has 1 saturated carbocycles. The average Bonchev–Trinajstić information content (AvgIpc) is 3.44. The first-order valence-electron chi connectivity index (χ1n) is 9.73. The number of amides is 1. The molecule has 0 bridgehead atoms. The topological polar surface area (TPSA) is 33.2 Å². The van der Waals surface area contributed by atoms with Gasteiger partial charge in [-0.3, -0.25) is 4.79 Å². The molecule has 1 fully saturated rings. The fourth-order valence-corrected chi connectivity index (χ4v) is 5.02. The molecule has 2 aromatic carbocycles. The maximum absolute atomic E-state index is 13.1. The third-order valence-electron chi connectivity index (χ3n) is 5.55. The van der Waals surface area contributed by atoms with Crippen molar-refractivity contribution in [1.82, 2.24) is 9.88 Å². The van der Waals surface area contributed by atoms with Gasteiger partial charge in [0.05, 0.1) is 16.3 Å². The second-order valence-corrected chi connectivity index (χ2v) is 8.50. The lowest BCUT2D eigenvalue weighted by atomic mass is 9.86. The predicted molar refractivity (Wildman–Crippen MR) is 111 cm³/mol. The normalized spacial score (nSPS) is 19.3. The number of hydrogen-bond donors (Lipinski definition) is 0. The minimum atomic E-state index is 0.124. The van der Waals surface area contributed by atoms with E-state index in [1.54, 1.807) is 17.4 Å². The van der Waals surface area contributed by atoms with Gasteiger partial charge in [0, 0.05) is 12.1 Å². The number of fused-ring (bicyclic) bond motifs is 2. The Hall–Kier alpha value is -2.46. The van der Waals surface area contributed by atoms with Crippen molar-refractivity contribution in [3.63, 3.8) is 0 Å². The summed E-state index contributed by atoms with van der Waals surface area (Å²) in [5.41, 5.74) is 3.74. The number of carbonyl (C=O) groups excluding carboxylic acids is 1. The zero-order valence-corrected chi connectivity index (χ0v) is 16.0. The fourth-order valence-electron chi connectivity index (χ4n) is 4.15. The Kier molecular flexibility index (Phi) is 4.29. The third kappa shape index (κ3) is 3.30. The molecule has 0 N–H and O–H groups in total. The number of aryl methyl sites for hydroxylation is 1. The highest BCUT2D eigenvalue weighted by Crippen LogP contribution is 2.41. The quantitative estimate of drug-likeness (QED) is 0.575. The van der Waals surface area contributed by atoms with Crippen molar-refractivity contribution in [2.45, 2.75) is 44.2 Å². The van der Waals surface area contributed by atoms with Crippen molar-refractivity contribution in [3.05, 3.63) is 70.7 Å². The standard InChI is InChI=1S/C23H22N2OS/c26-23(15-14-22-24-19-9-3-4-11-21(19)27-22)25(17-12-13-17)20-10-5-7-16-6-1-2-8-18(16)20/h1-4,6,8-9,11,14-15,17,20H,5,7,10,12-13H2/b15-14+. The van der Waals surface area contributed by atoms with Gasteiger partial charge < -0.3 is 4.90 Å². The van der Waals surface area contributed by atoms with Crippen LogP contribution in [0.2, 0.25) is 0 Å². The van der Waals surface area contributed by atoms with Crippen LogP contribution in [0.4, 0.5) is 0 Å². The van der Waals surface area contributed by atoms with Gasteiger partial charge in [-0.1, -0.05) is 36.4 Å². The van der Waals surface area contributed by atoms with Crippen molar-refractivity contribution < 1.29 is 4.79 Å². The van der Waals surface area contributed by atoms with Crippen LogP contribution in [0.3, 0.4) is 0 Å². The lowest BCUT2D eigenvalue weighted by molar-refractivity contribution is -0.129. The van der Waals surface area contributed by atoms with E-state index in [-0.39, 0.29) is 11.9 Å². The molecule has 0 saturated heterocycles. The lowest BCUT2D eigenvalue weighted by Crippen LogP contribution is -2.37. The van der Waals surface area contributed by atoms with Gasteiger partial charge in [-0.2, -0.15) is 0 Å². The molecule has 0 radical (unpaired) electrons. The summed E-state index contributed by atoms with van der Waals surface area (Å²) in [5, 5.41) is 0.893. The number of hydrogen-bond acceptors (Lipinski definition) is 3. The van der Waals surface area contributed by atoms with Crippen molar-refractivity contribution >= 4 is 33.5 Å². The van der Waals surface area contributed by atoms with E-state index in [1.165, 1.54) is 11.1 Å². The number of carbonyl (C=O) groups is 1. The fraction of sp³-hybridized carbons (Fsp3) is 0.304. The van der Waals surface area contributed by atoms with Gasteiger partial charge in [0.15, 0.2) is 0 Å². The van der Waals surface area contributed by atoms with Gasteiger partial charge in [-0.25, -0.2) is 4.98 Å². The zero-order valence-electron chi connectivity index (χ0n) is 15.2. The summed E-state index contributed by atoms with van der Waals surface area (Å²) < 4.78 is 1.16. The molecular formula is C23H22N2OS. The van der Waals surface area contributed by atoms with Crippen molar-refractivity contribution in [3.8, 4) is 0 Å². The molecule has 1 atom stereocenters. The van der Waals surface area contributed by atoms with Crippen LogP contribution < -0.4 is 0 Å². The summed E-state index contributed by atoms with van der Waals surface area (Å²) in [7, 11) is 0. The molecule has 5 rings (SSSR count). The highest BCUT2D eigenvalue weighted by atomic mass is 32.1. The zero-order chi connectivity index (χ0) is 18.2. The van der Waals surface area contributed by atoms with E-state index >= 15 is 0 Å². The van der Waals surface area contributed by atoms with Gasteiger partial charge >= 0.3 is 0 Å². The number of thiazole rings is 1. The largest absolute Gasteiger partial charge is 0.329 e. The van der Waals surface area contributed by atoms with E-state index in [1.807, 2.05) is 24.3 Å². The van der Waals surface area contributed by atoms with Crippen LogP contribution in [0, 0.1) is 0 Å². The first-order chi connectivity index (χ1) is 13.3. The van der Waals surface area contributed by atoms with Gasteiger partial charge in [-0.15, -0.1) is 11.3 Å². The maximum atomic E-state index is 13.1. The van der Waals surface area contributed by atoms with Crippen molar-refractivity contribution in [1.29, 1.82) is 0 Å². The van der Waals surface area contributed by atoms with Crippen LogP contribution in [0.5, 0.6) is 0 Å². The molecule has 2 aliphatic rings. The van der Waals surface area contributed by atoms with E-state index in [2.05, 4.69) is 40.2 Å². The molecular weight excluding hydrogens is 352 g/mol. The molecule has 1 heterocycles. The van der Waals surface area contributed by atoms with E-state index in [9.17, 15) is 4.79 Å². The average molecular weight is 375 g/mol. The highest BCUT2D eigenvalue weighted by Gasteiger charge is 2.38. The lowest BCUT2D eigenvalue weighted by Gasteiger charge is -2.35. The molecule has 2 aliphatic carbocycles. The molecule has 1 amide bonds. The van der Waals surface area contributed by atoms with Crippen LogP contribution in [-0.4, -0.2) is 21.8 Å². The molecule has 3 aromatic rings. The Morgan fingerprint density at radius 3 is 2.74 bits per heavy atom. The molecule has 136 valence electrons. The first kappa shape index (κ1) is 16.7. The smallest absolute Gasteiger partial charge is 0.247 e. The van der Waals surface area contributed by atoms with Gasteiger partial charge in [0.1, 0.15) is 5.01 Å². The third-order valence-corrected chi connectivity index (χ3v) is 6.55. The van der Waals surface area contributed by atoms with E-state index in [0.29, 0.717) is 6.04 Å². The predicted octanol–water partition coefficient (Wildman–Crippen LogP) is 5.38. The van der Waals surface area contributed by atoms with Crippen LogP contribution in [-0.2, 0) is 11.2 Å². The van der Waals surface area contributed by atoms with Crippen LogP contribution in [0.1, 0.15) is 47.9 Å². The van der Waals surface area contributed by atoms with Gasteiger partial charge in [0.2, 0.25) is 5.91 Å². The monoisotopic (exact) mass is 374 g/mol. The Balaban J connectivity index is 1.42. The number of benzene rings is 2. The van der Waals surface area contributed by atoms with Gasteiger partial charge in [0.25, 0.3) is 0 Å². The maximum Gasteiger partial charge on any atom is 0.247 e. The number of nitrogens with zero attached hydrogens (tertiary/aromatic N) is 2. The highest BCUT2D eigenvalue weighted by molar-refractivity contribution is 7.19. The Morgan fingerprint density at radius 2 is 1.89 bits per heavy atom. The summed E-state index contributed by atoms with van der Waals surface area (Å²) in [6.45, 7) is 0. The number of para-hydroxylation sites is 1. The van der Waals surface area contributed by atoms with Gasteiger partial charge in [-0.05, 0) is 61.4 Å². The molecule has 3 nitrogen and oxygen atoms in total. The molecule has 4 heteroatoms. The first-order valence-corrected chi connectivity index (χ1v) is 10.5. The molecule has 0 aliphatic heterocycles. The summed E-state index contributed by atoms with van der Waals surface area (Å²) in [4.78, 5) is 19.9. The van der Waals surface area contributed by atoms with Crippen LogP contribution >= 0.6 is 11.3 Å². The Bertz CT molecular complexity index is 985. The van der Waals surface area contributed by atoms with Crippen LogP contribution in [0.15, 0.2) is 54.6 Å². The summed E-state index contributed by atoms with van der Waals surface area (Å²) in [5.74, 6) is 0.124. The second kappa shape index (κ2) is 6.93. The summed E-state index contributed by atoms with van der Waals surface area (Å²) in [6, 6.07) is 17.4. The van der Waals surface area contributed by atoms with Crippen LogP contribution in [0.25, 0.3) is 16.3 Å². The second-order valence-electron chi connectivity index (χ2n) is 7.44. The van der Waals surface area contributed by atoms with E-state index in [4.69, 9.17) is 0 Å². The van der Waals surface area contributed by atoms with E-state index < -0.39 is 0 Å². The minimum Gasteiger partial charge on any atom is -0.329 e. The minimum absolute atomic E-state index is 0.124. The SMILES string of the molecule is O=C(/C=C/c1nc2ccccc2s1)N(C1CC1)C1CCCc2ccccc21. The van der Waals surface area contributed by atoms with E-state index in [0.717, 1.165) is 47.3 Å². The molecule has 1 aromatic heterocycles. The number of aromatic nitrogens is 1. The number of rotatable bonds is 4. The Labute approximate surface area is 163 Å². The molecule has 27 heavy (non-hydrogen) atoms. The summed E-state index contributed by atoms with van der Waals surface area (Å²) in [6.07, 6.45) is 9.21. The molecule has 1 unspecified atom stereocenters. The Morgan fingerprint density at radius 1 is 1.07 bits per heavy atom. The van der Waals surface area contributed by atoms with Crippen molar-refractivity contribution in [2.75, 3.05) is 0 Å². The molecule has 0 spiro atoms. The van der Waals surface area contributed by atoms with Crippen molar-refractivity contribution in [2.24, 2.45) is 0 Å².